The standard InChI is InChI=1S/C13H17F2N3OS/c1-2-3-6-18(7-10(16)19)9-5-4-8(13(17)20)11(14)12(9)15/h4-5H,2-3,6-7H2,1H3,(H2,16,19)(H2,17,20). The fourth-order valence-corrected chi connectivity index (χ4v) is 1.95. The number of benzene rings is 1. The van der Waals surface area contributed by atoms with Crippen LogP contribution in [0.25, 0.3) is 0 Å². The van der Waals surface area contributed by atoms with Gasteiger partial charge in [0, 0.05) is 12.1 Å². The number of unbranched alkanes of at least 4 members (excludes halogenated alkanes) is 1. The zero-order valence-corrected chi connectivity index (χ0v) is 12.0. The molecule has 0 atom stereocenters. The summed E-state index contributed by atoms with van der Waals surface area (Å²) in [5, 5.41) is 0. The van der Waals surface area contributed by atoms with Crippen LogP contribution in [-0.2, 0) is 4.79 Å². The number of halogens is 2. The highest BCUT2D eigenvalue weighted by Gasteiger charge is 2.20. The first-order valence-corrected chi connectivity index (χ1v) is 6.60. The molecule has 0 unspecified atom stereocenters. The van der Waals surface area contributed by atoms with Crippen LogP contribution in [0.3, 0.4) is 0 Å². The molecule has 0 heterocycles. The van der Waals surface area contributed by atoms with Gasteiger partial charge in [-0.25, -0.2) is 8.78 Å². The first-order chi connectivity index (χ1) is 9.38. The number of nitrogens with two attached hydrogens (primary N) is 2. The van der Waals surface area contributed by atoms with E-state index < -0.39 is 17.5 Å². The van der Waals surface area contributed by atoms with E-state index in [1.165, 1.54) is 17.0 Å². The Kier molecular flexibility index (Phi) is 5.82. The summed E-state index contributed by atoms with van der Waals surface area (Å²) in [6.45, 7) is 2.18. The molecule has 0 aromatic heterocycles. The first-order valence-electron chi connectivity index (χ1n) is 6.19. The van der Waals surface area contributed by atoms with Crippen molar-refractivity contribution in [2.75, 3.05) is 18.0 Å². The Labute approximate surface area is 121 Å². The van der Waals surface area contributed by atoms with E-state index >= 15 is 0 Å². The zero-order chi connectivity index (χ0) is 15.3. The van der Waals surface area contributed by atoms with Crippen molar-refractivity contribution in [2.45, 2.75) is 19.8 Å². The molecule has 4 nitrogen and oxygen atoms in total. The molecule has 0 radical (unpaired) electrons. The van der Waals surface area contributed by atoms with Crippen molar-refractivity contribution in [1.82, 2.24) is 0 Å². The summed E-state index contributed by atoms with van der Waals surface area (Å²) in [6, 6.07) is 2.65. The van der Waals surface area contributed by atoms with E-state index in [0.29, 0.717) is 6.54 Å². The number of primary amides is 1. The van der Waals surface area contributed by atoms with Gasteiger partial charge < -0.3 is 16.4 Å². The lowest BCUT2D eigenvalue weighted by Crippen LogP contribution is -2.35. The molecule has 20 heavy (non-hydrogen) atoms. The second-order valence-electron chi connectivity index (χ2n) is 4.37. The summed E-state index contributed by atoms with van der Waals surface area (Å²) in [5.74, 6) is -2.80. The topological polar surface area (TPSA) is 72.3 Å². The largest absolute Gasteiger partial charge is 0.389 e. The molecule has 1 aromatic carbocycles. The molecular formula is C13H17F2N3OS. The lowest BCUT2D eigenvalue weighted by atomic mass is 10.1. The van der Waals surface area contributed by atoms with E-state index in [2.05, 4.69) is 12.2 Å². The second-order valence-corrected chi connectivity index (χ2v) is 4.81. The maximum Gasteiger partial charge on any atom is 0.236 e. The summed E-state index contributed by atoms with van der Waals surface area (Å²) in [6.07, 6.45) is 1.58. The van der Waals surface area contributed by atoms with Crippen LogP contribution < -0.4 is 16.4 Å². The van der Waals surface area contributed by atoms with Crippen molar-refractivity contribution >= 4 is 28.8 Å². The summed E-state index contributed by atoms with van der Waals surface area (Å²) in [7, 11) is 0. The Morgan fingerprint density at radius 1 is 1.30 bits per heavy atom. The fourth-order valence-electron chi connectivity index (χ4n) is 1.80. The van der Waals surface area contributed by atoms with Crippen molar-refractivity contribution in [1.29, 1.82) is 0 Å². The van der Waals surface area contributed by atoms with E-state index in [-0.39, 0.29) is 22.8 Å². The van der Waals surface area contributed by atoms with Crippen molar-refractivity contribution < 1.29 is 13.6 Å². The Hall–Kier alpha value is -1.76. The number of rotatable bonds is 7. The molecule has 4 N–H and O–H groups in total. The molecule has 1 rings (SSSR count). The second kappa shape index (κ2) is 7.14. The number of hydrogen-bond donors (Lipinski definition) is 2. The highest BCUT2D eigenvalue weighted by Crippen LogP contribution is 2.24. The van der Waals surface area contributed by atoms with E-state index in [0.717, 1.165) is 12.8 Å². The molecule has 0 fully saturated rings. The predicted molar refractivity (Wildman–Crippen MR) is 78.6 cm³/mol. The average molecular weight is 301 g/mol. The van der Waals surface area contributed by atoms with E-state index in [4.69, 9.17) is 11.5 Å². The Morgan fingerprint density at radius 3 is 2.45 bits per heavy atom. The van der Waals surface area contributed by atoms with Crippen LogP contribution in [0.5, 0.6) is 0 Å². The van der Waals surface area contributed by atoms with Crippen molar-refractivity contribution in [3.63, 3.8) is 0 Å². The van der Waals surface area contributed by atoms with Crippen LogP contribution in [0, 0.1) is 11.6 Å². The number of anilines is 1. The summed E-state index contributed by atoms with van der Waals surface area (Å²) in [4.78, 5) is 12.2. The number of nitrogens with zero attached hydrogens (tertiary/aromatic N) is 1. The number of carbonyl (C=O) groups is 1. The molecular weight excluding hydrogens is 284 g/mol. The lowest BCUT2D eigenvalue weighted by Gasteiger charge is -2.24. The molecule has 1 aromatic rings. The monoisotopic (exact) mass is 301 g/mol. The molecule has 0 spiro atoms. The molecule has 1 amide bonds. The summed E-state index contributed by atoms with van der Waals surface area (Å²) in [5.41, 5.74) is 10.3. The molecule has 0 saturated carbocycles. The number of amides is 1. The smallest absolute Gasteiger partial charge is 0.236 e. The third-order valence-electron chi connectivity index (χ3n) is 2.80. The third kappa shape index (κ3) is 3.86. The maximum atomic E-state index is 14.1. The molecule has 0 aliphatic carbocycles. The van der Waals surface area contributed by atoms with Crippen LogP contribution in [-0.4, -0.2) is 24.0 Å². The minimum atomic E-state index is -1.11. The molecule has 7 heteroatoms. The maximum absolute atomic E-state index is 14.1. The van der Waals surface area contributed by atoms with Gasteiger partial charge in [-0.3, -0.25) is 4.79 Å². The van der Waals surface area contributed by atoms with Gasteiger partial charge in [-0.05, 0) is 18.6 Å². The van der Waals surface area contributed by atoms with Crippen LogP contribution in [0.4, 0.5) is 14.5 Å². The van der Waals surface area contributed by atoms with Crippen molar-refractivity contribution in [3.8, 4) is 0 Å². The SMILES string of the molecule is CCCCN(CC(N)=O)c1ccc(C(N)=S)c(F)c1F. The van der Waals surface area contributed by atoms with Crippen LogP contribution >= 0.6 is 12.2 Å². The van der Waals surface area contributed by atoms with Crippen molar-refractivity contribution in [2.24, 2.45) is 11.5 Å². The fraction of sp³-hybridized carbons (Fsp3) is 0.385. The van der Waals surface area contributed by atoms with Crippen molar-refractivity contribution in [3.05, 3.63) is 29.3 Å². The van der Waals surface area contributed by atoms with Gasteiger partial charge in [0.2, 0.25) is 5.91 Å². The number of carbonyl (C=O) groups excluding carboxylic acids is 1. The highest BCUT2D eigenvalue weighted by molar-refractivity contribution is 7.80. The van der Waals surface area contributed by atoms with Gasteiger partial charge in [0.05, 0.1) is 12.2 Å². The van der Waals surface area contributed by atoms with Gasteiger partial charge >= 0.3 is 0 Å². The highest BCUT2D eigenvalue weighted by atomic mass is 32.1. The summed E-state index contributed by atoms with van der Waals surface area (Å²) < 4.78 is 27.9. The van der Waals surface area contributed by atoms with Crippen LogP contribution in [0.1, 0.15) is 25.3 Å². The van der Waals surface area contributed by atoms with Gasteiger partial charge in [-0.15, -0.1) is 0 Å². The molecule has 0 aliphatic heterocycles. The Bertz CT molecular complexity index is 523. The van der Waals surface area contributed by atoms with Crippen LogP contribution in [0.2, 0.25) is 0 Å². The summed E-state index contributed by atoms with van der Waals surface area (Å²) >= 11 is 4.64. The lowest BCUT2D eigenvalue weighted by molar-refractivity contribution is -0.116. The quantitative estimate of drug-likeness (QED) is 0.752. The molecule has 0 bridgehead atoms. The van der Waals surface area contributed by atoms with Gasteiger partial charge in [0.25, 0.3) is 0 Å². The number of thiocarbonyl (C=S) groups is 1. The van der Waals surface area contributed by atoms with E-state index in [9.17, 15) is 13.6 Å². The minimum Gasteiger partial charge on any atom is -0.389 e. The first kappa shape index (κ1) is 16.3. The third-order valence-corrected chi connectivity index (χ3v) is 3.02. The van der Waals surface area contributed by atoms with Gasteiger partial charge in [0.1, 0.15) is 4.99 Å². The van der Waals surface area contributed by atoms with Gasteiger partial charge in [-0.2, -0.15) is 0 Å². The number of hydrogen-bond acceptors (Lipinski definition) is 3. The minimum absolute atomic E-state index is 0.0187. The van der Waals surface area contributed by atoms with E-state index in [1.54, 1.807) is 0 Å². The zero-order valence-electron chi connectivity index (χ0n) is 11.2. The average Bonchev–Trinajstić information content (AvgIpc) is 2.37. The predicted octanol–water partition coefficient (Wildman–Crippen LogP) is 1.69. The normalized spacial score (nSPS) is 10.3. The van der Waals surface area contributed by atoms with Crippen LogP contribution in [0.15, 0.2) is 12.1 Å². The Morgan fingerprint density at radius 2 is 1.95 bits per heavy atom. The molecule has 110 valence electrons. The molecule has 0 saturated heterocycles. The van der Waals surface area contributed by atoms with Gasteiger partial charge in [0.15, 0.2) is 11.6 Å². The Balaban J connectivity index is 3.16. The van der Waals surface area contributed by atoms with E-state index in [1.807, 2.05) is 6.92 Å². The molecule has 0 aliphatic rings. The van der Waals surface area contributed by atoms with Gasteiger partial charge in [-0.1, -0.05) is 25.6 Å².